The maximum atomic E-state index is 13.0. The Kier molecular flexibility index (Phi) is 7.17. The van der Waals surface area contributed by atoms with Gasteiger partial charge in [-0.05, 0) is 32.4 Å². The molecule has 7 nitrogen and oxygen atoms in total. The van der Waals surface area contributed by atoms with Gasteiger partial charge in [0.2, 0.25) is 0 Å². The number of alkyl halides is 3. The second-order valence-corrected chi connectivity index (χ2v) is 8.28. The molecule has 0 radical (unpaired) electrons. The van der Waals surface area contributed by atoms with Gasteiger partial charge >= 0.3 is 17.8 Å². The SMILES string of the molecule is Cn1c(C(F)(F)F)cc(=O)n(Cc2ccc(OCC(=O)OC(C)(C)C)c(Cl)c2Cl)c1=O. The normalized spacial score (nSPS) is 12.0. The van der Waals surface area contributed by atoms with Crippen LogP contribution in [0.4, 0.5) is 13.2 Å². The number of halogens is 5. The third-order valence-electron chi connectivity index (χ3n) is 3.92. The summed E-state index contributed by atoms with van der Waals surface area (Å²) in [6.07, 6.45) is -4.86. The van der Waals surface area contributed by atoms with Crippen LogP contribution in [0, 0.1) is 0 Å². The second kappa shape index (κ2) is 8.96. The van der Waals surface area contributed by atoms with E-state index in [9.17, 15) is 27.6 Å². The first kappa shape index (κ1) is 24.8. The molecule has 12 heteroatoms. The number of carbonyl (C=O) groups excluding carboxylic acids is 1. The number of ether oxygens (including phenoxy) is 2. The fourth-order valence-electron chi connectivity index (χ4n) is 2.57. The molecule has 0 N–H and O–H groups in total. The van der Waals surface area contributed by atoms with Crippen molar-refractivity contribution in [2.24, 2.45) is 7.05 Å². The van der Waals surface area contributed by atoms with E-state index in [1.54, 1.807) is 20.8 Å². The molecule has 0 saturated carbocycles. The fourth-order valence-corrected chi connectivity index (χ4v) is 3.03. The fraction of sp³-hybridized carbons (Fsp3) is 0.421. The highest BCUT2D eigenvalue weighted by molar-refractivity contribution is 6.43. The summed E-state index contributed by atoms with van der Waals surface area (Å²) < 4.78 is 50.2. The molecule has 0 unspecified atom stereocenters. The summed E-state index contributed by atoms with van der Waals surface area (Å²) >= 11 is 12.3. The van der Waals surface area contributed by atoms with E-state index in [0.29, 0.717) is 15.2 Å². The molecular formula is C19H19Cl2F3N2O5. The van der Waals surface area contributed by atoms with Gasteiger partial charge in [-0.25, -0.2) is 9.59 Å². The smallest absolute Gasteiger partial charge is 0.431 e. The summed E-state index contributed by atoms with van der Waals surface area (Å²) in [7, 11) is 0.906. The van der Waals surface area contributed by atoms with E-state index in [1.807, 2.05) is 0 Å². The van der Waals surface area contributed by atoms with Crippen LogP contribution in [0.25, 0.3) is 0 Å². The van der Waals surface area contributed by atoms with Gasteiger partial charge in [-0.1, -0.05) is 29.3 Å². The molecule has 0 fully saturated rings. The average Bonchev–Trinajstić information content (AvgIpc) is 2.62. The largest absolute Gasteiger partial charge is 0.480 e. The van der Waals surface area contributed by atoms with Gasteiger partial charge in [0.25, 0.3) is 5.56 Å². The Hall–Kier alpha value is -2.46. The Labute approximate surface area is 184 Å². The Morgan fingerprint density at radius 3 is 2.26 bits per heavy atom. The number of nitrogens with zero attached hydrogens (tertiary/aromatic N) is 2. The molecule has 31 heavy (non-hydrogen) atoms. The van der Waals surface area contributed by atoms with Gasteiger partial charge in [0.1, 0.15) is 22.1 Å². The number of benzene rings is 1. The summed E-state index contributed by atoms with van der Waals surface area (Å²) in [5.74, 6) is -0.586. The van der Waals surface area contributed by atoms with Crippen molar-refractivity contribution < 1.29 is 27.4 Å². The van der Waals surface area contributed by atoms with Gasteiger partial charge in [-0.2, -0.15) is 13.2 Å². The number of carbonyl (C=O) groups is 1. The molecule has 1 heterocycles. The van der Waals surface area contributed by atoms with Crippen molar-refractivity contribution in [2.45, 2.75) is 39.1 Å². The third-order valence-corrected chi connectivity index (χ3v) is 4.82. The molecule has 0 aliphatic heterocycles. The van der Waals surface area contributed by atoms with E-state index in [2.05, 4.69) is 0 Å². The Morgan fingerprint density at radius 1 is 1.10 bits per heavy atom. The molecule has 170 valence electrons. The molecule has 1 aromatic heterocycles. The van der Waals surface area contributed by atoms with Crippen molar-refractivity contribution >= 4 is 29.2 Å². The molecule has 0 aliphatic carbocycles. The van der Waals surface area contributed by atoms with E-state index in [4.69, 9.17) is 32.7 Å². The second-order valence-electron chi connectivity index (χ2n) is 7.52. The average molecular weight is 483 g/mol. The Balaban J connectivity index is 2.30. The molecule has 0 saturated heterocycles. The molecule has 2 aromatic rings. The van der Waals surface area contributed by atoms with E-state index in [-0.39, 0.29) is 21.4 Å². The predicted molar refractivity (Wildman–Crippen MR) is 108 cm³/mol. The van der Waals surface area contributed by atoms with Gasteiger partial charge in [-0.15, -0.1) is 0 Å². The van der Waals surface area contributed by atoms with Crippen LogP contribution in [-0.4, -0.2) is 27.3 Å². The van der Waals surface area contributed by atoms with Gasteiger partial charge in [0, 0.05) is 13.1 Å². The van der Waals surface area contributed by atoms with Gasteiger partial charge < -0.3 is 9.47 Å². The third kappa shape index (κ3) is 6.04. The highest BCUT2D eigenvalue weighted by Crippen LogP contribution is 2.35. The van der Waals surface area contributed by atoms with Crippen LogP contribution in [0.2, 0.25) is 10.0 Å². The number of esters is 1. The summed E-state index contributed by atoms with van der Waals surface area (Å²) in [4.78, 5) is 36.2. The minimum Gasteiger partial charge on any atom is -0.480 e. The zero-order chi connectivity index (χ0) is 23.7. The van der Waals surface area contributed by atoms with Crippen LogP contribution in [0.15, 0.2) is 27.8 Å². The summed E-state index contributed by atoms with van der Waals surface area (Å²) in [5.41, 5.74) is -4.19. The first-order chi connectivity index (χ1) is 14.1. The molecule has 0 aliphatic rings. The standard InChI is InChI=1S/C19H19Cl2F3N2O5/c1-18(2,3)31-14(28)9-30-11-6-5-10(15(20)16(11)21)8-26-13(27)7-12(19(22,23)24)25(4)17(26)29/h5-7H,8-9H2,1-4H3. The Morgan fingerprint density at radius 2 is 1.71 bits per heavy atom. The first-order valence-electron chi connectivity index (χ1n) is 8.81. The van der Waals surface area contributed by atoms with Crippen molar-refractivity contribution in [2.75, 3.05) is 6.61 Å². The summed E-state index contributed by atoms with van der Waals surface area (Å²) in [6, 6.07) is 3.06. The maximum Gasteiger partial charge on any atom is 0.431 e. The minimum atomic E-state index is -4.86. The van der Waals surface area contributed by atoms with Gasteiger partial charge in [0.05, 0.1) is 11.6 Å². The lowest BCUT2D eigenvalue weighted by Gasteiger charge is -2.20. The highest BCUT2D eigenvalue weighted by atomic mass is 35.5. The zero-order valence-corrected chi connectivity index (χ0v) is 18.5. The van der Waals surface area contributed by atoms with Crippen molar-refractivity contribution in [1.82, 2.24) is 9.13 Å². The zero-order valence-electron chi connectivity index (χ0n) is 17.0. The molecule has 2 rings (SSSR count). The lowest BCUT2D eigenvalue weighted by atomic mass is 10.2. The first-order valence-corrected chi connectivity index (χ1v) is 9.57. The van der Waals surface area contributed by atoms with Crippen LogP contribution in [-0.2, 0) is 29.3 Å². The van der Waals surface area contributed by atoms with Gasteiger partial charge in [0.15, 0.2) is 6.61 Å². The van der Waals surface area contributed by atoms with Crippen LogP contribution < -0.4 is 16.0 Å². The van der Waals surface area contributed by atoms with Crippen LogP contribution >= 0.6 is 23.2 Å². The lowest BCUT2D eigenvalue weighted by Crippen LogP contribution is -2.41. The predicted octanol–water partition coefficient (Wildman–Crippen LogP) is 3.64. The van der Waals surface area contributed by atoms with E-state index < -0.39 is 47.8 Å². The molecular weight excluding hydrogens is 464 g/mol. The monoisotopic (exact) mass is 482 g/mol. The topological polar surface area (TPSA) is 79.5 Å². The van der Waals surface area contributed by atoms with Crippen LogP contribution in [0.5, 0.6) is 5.75 Å². The van der Waals surface area contributed by atoms with E-state index >= 15 is 0 Å². The van der Waals surface area contributed by atoms with Crippen molar-refractivity contribution in [1.29, 1.82) is 0 Å². The highest BCUT2D eigenvalue weighted by Gasteiger charge is 2.35. The molecule has 0 atom stereocenters. The van der Waals surface area contributed by atoms with Crippen molar-refractivity contribution in [3.8, 4) is 5.75 Å². The van der Waals surface area contributed by atoms with Crippen LogP contribution in [0.1, 0.15) is 32.0 Å². The molecule has 0 amide bonds. The summed E-state index contributed by atoms with van der Waals surface area (Å²) in [6.45, 7) is 4.21. The van der Waals surface area contributed by atoms with Crippen molar-refractivity contribution in [3.63, 3.8) is 0 Å². The van der Waals surface area contributed by atoms with E-state index in [1.165, 1.54) is 12.1 Å². The molecule has 1 aromatic carbocycles. The van der Waals surface area contributed by atoms with Crippen molar-refractivity contribution in [3.05, 3.63) is 60.3 Å². The maximum absolute atomic E-state index is 13.0. The van der Waals surface area contributed by atoms with Crippen LogP contribution in [0.3, 0.4) is 0 Å². The Bertz CT molecular complexity index is 1120. The number of hydrogen-bond acceptors (Lipinski definition) is 5. The van der Waals surface area contributed by atoms with Gasteiger partial charge in [-0.3, -0.25) is 13.9 Å². The number of hydrogen-bond donors (Lipinski definition) is 0. The quantitative estimate of drug-likeness (QED) is 0.607. The molecule has 0 spiro atoms. The molecule has 0 bridgehead atoms. The van der Waals surface area contributed by atoms with E-state index in [0.717, 1.165) is 7.05 Å². The number of aromatic nitrogens is 2. The minimum absolute atomic E-state index is 0.0499. The summed E-state index contributed by atoms with van der Waals surface area (Å²) in [5, 5.41) is -0.184. The lowest BCUT2D eigenvalue weighted by molar-refractivity contribution is -0.157. The number of rotatable bonds is 5.